The summed E-state index contributed by atoms with van der Waals surface area (Å²) in [6.07, 6.45) is 1.80. The van der Waals surface area contributed by atoms with Crippen molar-refractivity contribution in [3.8, 4) is 0 Å². The molecule has 1 aromatic heterocycles. The van der Waals surface area contributed by atoms with Crippen LogP contribution in [0.2, 0.25) is 0 Å². The van der Waals surface area contributed by atoms with Crippen molar-refractivity contribution in [1.29, 1.82) is 0 Å². The van der Waals surface area contributed by atoms with Crippen molar-refractivity contribution in [1.82, 2.24) is 9.71 Å². The van der Waals surface area contributed by atoms with Gasteiger partial charge >= 0.3 is 0 Å². The van der Waals surface area contributed by atoms with E-state index in [1.165, 1.54) is 0 Å². The SMILES string of the molecule is C[C@@H](N[S+]([O-])C(C)(C)C)c1ccnc2ccccc12. The van der Waals surface area contributed by atoms with E-state index < -0.39 is 11.4 Å². The maximum atomic E-state index is 12.2. The summed E-state index contributed by atoms with van der Waals surface area (Å²) in [5, 5.41) is 1.11. The fourth-order valence-corrected chi connectivity index (χ4v) is 2.70. The van der Waals surface area contributed by atoms with Crippen LogP contribution in [-0.4, -0.2) is 14.3 Å². The van der Waals surface area contributed by atoms with Crippen molar-refractivity contribution in [2.45, 2.75) is 38.5 Å². The molecule has 3 nitrogen and oxygen atoms in total. The lowest BCUT2D eigenvalue weighted by Gasteiger charge is -2.27. The third-order valence-corrected chi connectivity index (χ3v) is 4.67. The number of para-hydroxylation sites is 1. The van der Waals surface area contributed by atoms with Crippen molar-refractivity contribution in [3.05, 3.63) is 42.1 Å². The summed E-state index contributed by atoms with van der Waals surface area (Å²) in [6, 6.07) is 10.0. The largest absolute Gasteiger partial charge is 0.598 e. The van der Waals surface area contributed by atoms with Gasteiger partial charge in [-0.2, -0.15) is 0 Å². The van der Waals surface area contributed by atoms with Gasteiger partial charge in [0.2, 0.25) is 0 Å². The Bertz CT molecular complexity index is 560. The van der Waals surface area contributed by atoms with Gasteiger partial charge in [-0.05, 0) is 45.4 Å². The van der Waals surface area contributed by atoms with Crippen molar-refractivity contribution < 1.29 is 4.55 Å². The predicted molar refractivity (Wildman–Crippen MR) is 81.2 cm³/mol. The van der Waals surface area contributed by atoms with E-state index in [2.05, 4.69) is 15.8 Å². The van der Waals surface area contributed by atoms with Crippen LogP contribution in [0.25, 0.3) is 10.9 Å². The highest BCUT2D eigenvalue weighted by Gasteiger charge is 2.28. The van der Waals surface area contributed by atoms with Crippen LogP contribution in [0.5, 0.6) is 0 Å². The Labute approximate surface area is 117 Å². The van der Waals surface area contributed by atoms with Crippen molar-refractivity contribution >= 4 is 22.3 Å². The zero-order valence-corrected chi connectivity index (χ0v) is 12.6. The average molecular weight is 276 g/mol. The number of hydrogen-bond acceptors (Lipinski definition) is 3. The van der Waals surface area contributed by atoms with Gasteiger partial charge in [-0.3, -0.25) is 4.98 Å². The van der Waals surface area contributed by atoms with Crippen LogP contribution >= 0.6 is 0 Å². The summed E-state index contributed by atoms with van der Waals surface area (Å²) in [5.74, 6) is 0. The van der Waals surface area contributed by atoms with Gasteiger partial charge in [0.1, 0.15) is 4.75 Å². The molecule has 0 aliphatic carbocycles. The molecule has 0 saturated heterocycles. The van der Waals surface area contributed by atoms with Crippen LogP contribution in [0.1, 0.15) is 39.3 Å². The summed E-state index contributed by atoms with van der Waals surface area (Å²) in [5.41, 5.74) is 2.10. The third kappa shape index (κ3) is 3.26. The highest BCUT2D eigenvalue weighted by Crippen LogP contribution is 2.25. The van der Waals surface area contributed by atoms with E-state index in [-0.39, 0.29) is 10.8 Å². The van der Waals surface area contributed by atoms with E-state index in [0.717, 1.165) is 16.5 Å². The van der Waals surface area contributed by atoms with Crippen molar-refractivity contribution in [2.24, 2.45) is 0 Å². The topological polar surface area (TPSA) is 48.0 Å². The van der Waals surface area contributed by atoms with Crippen LogP contribution in [0.3, 0.4) is 0 Å². The lowest BCUT2D eigenvalue weighted by Crippen LogP contribution is -2.40. The highest BCUT2D eigenvalue weighted by molar-refractivity contribution is 7.90. The summed E-state index contributed by atoms with van der Waals surface area (Å²) in [7, 11) is 0. The van der Waals surface area contributed by atoms with Crippen molar-refractivity contribution in [2.75, 3.05) is 0 Å². The molecule has 1 heterocycles. The molecule has 2 atom stereocenters. The molecule has 2 aromatic rings. The Morgan fingerprint density at radius 1 is 1.21 bits per heavy atom. The minimum absolute atomic E-state index is 0.0213. The first-order valence-corrected chi connectivity index (χ1v) is 7.56. The third-order valence-electron chi connectivity index (χ3n) is 2.99. The lowest BCUT2D eigenvalue weighted by molar-refractivity contribution is 0.532. The number of nitrogens with one attached hydrogen (secondary N) is 1. The number of pyridine rings is 1. The van der Waals surface area contributed by atoms with E-state index in [1.54, 1.807) is 6.20 Å². The monoisotopic (exact) mass is 276 g/mol. The zero-order valence-electron chi connectivity index (χ0n) is 11.8. The van der Waals surface area contributed by atoms with Crippen LogP contribution in [-0.2, 0) is 11.4 Å². The van der Waals surface area contributed by atoms with Crippen LogP contribution in [0.15, 0.2) is 36.5 Å². The maximum Gasteiger partial charge on any atom is 0.136 e. The molecule has 0 saturated carbocycles. The molecule has 1 unspecified atom stereocenters. The molecule has 0 aliphatic rings. The Kier molecular flexibility index (Phi) is 4.13. The Morgan fingerprint density at radius 2 is 1.89 bits per heavy atom. The minimum atomic E-state index is -1.08. The highest BCUT2D eigenvalue weighted by atomic mass is 32.2. The molecule has 2 rings (SSSR count). The fraction of sp³-hybridized carbons (Fsp3) is 0.400. The van der Waals surface area contributed by atoms with Crippen LogP contribution < -0.4 is 4.72 Å². The molecule has 0 fully saturated rings. The maximum absolute atomic E-state index is 12.2. The first kappa shape index (κ1) is 14.3. The molecule has 4 heteroatoms. The standard InChI is InChI=1S/C15H20N2OS/c1-11(17-19(18)15(2,3)4)12-9-10-16-14-8-6-5-7-13(12)14/h5-11,17H,1-4H3/t11-,19?/m1/s1. The summed E-state index contributed by atoms with van der Waals surface area (Å²) < 4.78 is 15.1. The number of nitrogens with zero attached hydrogens (tertiary/aromatic N) is 1. The van der Waals surface area contributed by atoms with E-state index in [0.29, 0.717) is 0 Å². The molecule has 0 spiro atoms. The molecular weight excluding hydrogens is 256 g/mol. The van der Waals surface area contributed by atoms with E-state index in [4.69, 9.17) is 0 Å². The molecule has 1 N–H and O–H groups in total. The molecule has 0 aliphatic heterocycles. The predicted octanol–water partition coefficient (Wildman–Crippen LogP) is 3.35. The van der Waals surface area contributed by atoms with E-state index in [1.807, 2.05) is 52.0 Å². The molecule has 19 heavy (non-hydrogen) atoms. The molecule has 0 radical (unpaired) electrons. The van der Waals surface area contributed by atoms with Gasteiger partial charge in [-0.1, -0.05) is 18.2 Å². The minimum Gasteiger partial charge on any atom is -0.598 e. The molecule has 102 valence electrons. The first-order chi connectivity index (χ1) is 8.89. The van der Waals surface area contributed by atoms with Gasteiger partial charge in [0.15, 0.2) is 0 Å². The second-order valence-corrected chi connectivity index (χ2v) is 7.64. The Morgan fingerprint density at radius 3 is 2.58 bits per heavy atom. The molecule has 0 bridgehead atoms. The quantitative estimate of drug-likeness (QED) is 0.875. The number of aromatic nitrogens is 1. The molecule has 1 aromatic carbocycles. The average Bonchev–Trinajstić information content (AvgIpc) is 2.36. The zero-order chi connectivity index (χ0) is 14.0. The molecular formula is C15H20N2OS. The number of fused-ring (bicyclic) bond motifs is 1. The van der Waals surface area contributed by atoms with E-state index >= 15 is 0 Å². The second kappa shape index (κ2) is 5.49. The van der Waals surface area contributed by atoms with Gasteiger partial charge in [0, 0.05) is 22.9 Å². The van der Waals surface area contributed by atoms with E-state index in [9.17, 15) is 4.55 Å². The first-order valence-electron chi connectivity index (χ1n) is 6.41. The lowest BCUT2D eigenvalue weighted by atomic mass is 10.0. The van der Waals surface area contributed by atoms with Crippen LogP contribution in [0, 0.1) is 0 Å². The summed E-state index contributed by atoms with van der Waals surface area (Å²) in [6.45, 7) is 7.93. The number of hydrogen-bond donors (Lipinski definition) is 1. The smallest absolute Gasteiger partial charge is 0.136 e. The van der Waals surface area contributed by atoms with Gasteiger partial charge in [-0.15, -0.1) is 4.72 Å². The van der Waals surface area contributed by atoms with Gasteiger partial charge in [0.25, 0.3) is 0 Å². The second-order valence-electron chi connectivity index (χ2n) is 5.64. The van der Waals surface area contributed by atoms with Crippen LogP contribution in [0.4, 0.5) is 0 Å². The summed E-state index contributed by atoms with van der Waals surface area (Å²) >= 11 is -1.08. The Balaban J connectivity index is 2.29. The van der Waals surface area contributed by atoms with Gasteiger partial charge in [0.05, 0.1) is 11.6 Å². The fourth-order valence-electron chi connectivity index (χ4n) is 1.90. The Hall–Kier alpha value is -1.10. The molecule has 0 amide bonds. The van der Waals surface area contributed by atoms with Gasteiger partial charge in [-0.25, -0.2) is 0 Å². The van der Waals surface area contributed by atoms with Gasteiger partial charge < -0.3 is 4.55 Å². The summed E-state index contributed by atoms with van der Waals surface area (Å²) in [4.78, 5) is 4.35. The number of rotatable bonds is 3. The normalized spacial score (nSPS) is 15.4. The van der Waals surface area contributed by atoms with Crippen molar-refractivity contribution in [3.63, 3.8) is 0 Å². The number of benzene rings is 1.